The zero-order chi connectivity index (χ0) is 14.5. The standard InChI is InChI=1S/C17H19BrClN/c1-3-8-20-17(13-6-4-12(2)5-7-13)14-9-15(18)11-16(19)10-14/h4-7,9-11,17,20H,3,8H2,1-2H3. The first-order valence-corrected chi connectivity index (χ1v) is 8.03. The third kappa shape index (κ3) is 4.08. The van der Waals surface area contributed by atoms with Crippen LogP contribution in [0.15, 0.2) is 46.9 Å². The summed E-state index contributed by atoms with van der Waals surface area (Å²) in [5.41, 5.74) is 3.72. The summed E-state index contributed by atoms with van der Waals surface area (Å²) >= 11 is 9.70. The van der Waals surface area contributed by atoms with Gasteiger partial charge in [-0.25, -0.2) is 0 Å². The average Bonchev–Trinajstić information content (AvgIpc) is 2.40. The van der Waals surface area contributed by atoms with Crippen LogP contribution in [-0.4, -0.2) is 6.54 Å². The van der Waals surface area contributed by atoms with E-state index < -0.39 is 0 Å². The van der Waals surface area contributed by atoms with Gasteiger partial charge in [0, 0.05) is 9.50 Å². The molecule has 1 unspecified atom stereocenters. The SMILES string of the molecule is CCCNC(c1ccc(C)cc1)c1cc(Cl)cc(Br)c1. The summed E-state index contributed by atoms with van der Waals surface area (Å²) in [5, 5.41) is 4.35. The van der Waals surface area contributed by atoms with Crippen LogP contribution in [0.1, 0.15) is 36.1 Å². The molecule has 1 N–H and O–H groups in total. The van der Waals surface area contributed by atoms with Gasteiger partial charge in [-0.1, -0.05) is 64.3 Å². The first-order valence-electron chi connectivity index (χ1n) is 6.86. The fourth-order valence-corrected chi connectivity index (χ4v) is 3.10. The van der Waals surface area contributed by atoms with E-state index in [1.807, 2.05) is 12.1 Å². The lowest BCUT2D eigenvalue weighted by Gasteiger charge is -2.20. The van der Waals surface area contributed by atoms with E-state index in [2.05, 4.69) is 65.4 Å². The highest BCUT2D eigenvalue weighted by atomic mass is 79.9. The van der Waals surface area contributed by atoms with E-state index in [0.29, 0.717) is 0 Å². The van der Waals surface area contributed by atoms with E-state index in [-0.39, 0.29) is 6.04 Å². The summed E-state index contributed by atoms with van der Waals surface area (Å²) in [4.78, 5) is 0. The predicted octanol–water partition coefficient (Wildman–Crippen LogP) is 5.50. The van der Waals surface area contributed by atoms with Gasteiger partial charge in [0.05, 0.1) is 6.04 Å². The van der Waals surface area contributed by atoms with Gasteiger partial charge in [-0.2, -0.15) is 0 Å². The largest absolute Gasteiger partial charge is 0.306 e. The average molecular weight is 353 g/mol. The van der Waals surface area contributed by atoms with Gasteiger partial charge in [-0.15, -0.1) is 0 Å². The Hall–Kier alpha value is -0.830. The molecule has 0 aliphatic carbocycles. The smallest absolute Gasteiger partial charge is 0.0577 e. The van der Waals surface area contributed by atoms with Crippen molar-refractivity contribution in [3.05, 3.63) is 68.7 Å². The molecule has 3 heteroatoms. The molecule has 0 aliphatic heterocycles. The highest BCUT2D eigenvalue weighted by Crippen LogP contribution is 2.28. The van der Waals surface area contributed by atoms with Gasteiger partial charge >= 0.3 is 0 Å². The number of hydrogen-bond donors (Lipinski definition) is 1. The van der Waals surface area contributed by atoms with E-state index in [9.17, 15) is 0 Å². The van der Waals surface area contributed by atoms with Crippen LogP contribution in [-0.2, 0) is 0 Å². The molecule has 2 rings (SSSR count). The Morgan fingerprint density at radius 2 is 1.80 bits per heavy atom. The van der Waals surface area contributed by atoms with Crippen molar-refractivity contribution in [3.63, 3.8) is 0 Å². The molecule has 0 saturated heterocycles. The number of aryl methyl sites for hydroxylation is 1. The van der Waals surface area contributed by atoms with E-state index in [1.54, 1.807) is 0 Å². The van der Waals surface area contributed by atoms with Crippen LogP contribution < -0.4 is 5.32 Å². The highest BCUT2D eigenvalue weighted by molar-refractivity contribution is 9.10. The first-order chi connectivity index (χ1) is 9.60. The molecule has 0 heterocycles. The summed E-state index contributed by atoms with van der Waals surface area (Å²) in [7, 11) is 0. The Labute approximate surface area is 134 Å². The molecule has 0 saturated carbocycles. The number of hydrogen-bond acceptors (Lipinski definition) is 1. The molecule has 2 aromatic carbocycles. The lowest BCUT2D eigenvalue weighted by molar-refractivity contribution is 0.598. The summed E-state index contributed by atoms with van der Waals surface area (Å²) in [5.74, 6) is 0. The minimum Gasteiger partial charge on any atom is -0.306 e. The summed E-state index contributed by atoms with van der Waals surface area (Å²) < 4.78 is 1.01. The van der Waals surface area contributed by atoms with Crippen molar-refractivity contribution < 1.29 is 0 Å². The Morgan fingerprint density at radius 1 is 1.10 bits per heavy atom. The molecule has 1 nitrogen and oxygen atoms in total. The topological polar surface area (TPSA) is 12.0 Å². The molecule has 0 radical (unpaired) electrons. The second-order valence-electron chi connectivity index (χ2n) is 5.00. The first kappa shape index (κ1) is 15.6. The maximum Gasteiger partial charge on any atom is 0.0577 e. The van der Waals surface area contributed by atoms with Gasteiger partial charge in [0.2, 0.25) is 0 Å². The van der Waals surface area contributed by atoms with Crippen molar-refractivity contribution in [1.82, 2.24) is 5.32 Å². The van der Waals surface area contributed by atoms with Gasteiger partial charge in [0.25, 0.3) is 0 Å². The zero-order valence-electron chi connectivity index (χ0n) is 11.8. The third-order valence-corrected chi connectivity index (χ3v) is 3.90. The van der Waals surface area contributed by atoms with Crippen LogP contribution in [0.25, 0.3) is 0 Å². The van der Waals surface area contributed by atoms with Crippen LogP contribution in [0.4, 0.5) is 0 Å². The molecular weight excluding hydrogens is 334 g/mol. The Morgan fingerprint density at radius 3 is 2.40 bits per heavy atom. The van der Waals surface area contributed by atoms with E-state index in [1.165, 1.54) is 16.7 Å². The quantitative estimate of drug-likeness (QED) is 0.749. The van der Waals surface area contributed by atoms with Crippen LogP contribution in [0, 0.1) is 6.92 Å². The van der Waals surface area contributed by atoms with Gasteiger partial charge < -0.3 is 5.32 Å². The summed E-state index contributed by atoms with van der Waals surface area (Å²) in [6.45, 7) is 5.25. The molecule has 0 bridgehead atoms. The molecule has 1 atom stereocenters. The molecule has 0 aromatic heterocycles. The summed E-state index contributed by atoms with van der Waals surface area (Å²) in [6, 6.07) is 14.9. The van der Waals surface area contributed by atoms with E-state index >= 15 is 0 Å². The lowest BCUT2D eigenvalue weighted by Crippen LogP contribution is -2.23. The molecule has 20 heavy (non-hydrogen) atoms. The minimum atomic E-state index is 0.172. The van der Waals surface area contributed by atoms with Crippen LogP contribution in [0.5, 0.6) is 0 Å². The van der Waals surface area contributed by atoms with E-state index in [4.69, 9.17) is 11.6 Å². The molecular formula is C17H19BrClN. The molecule has 0 spiro atoms. The Balaban J connectivity index is 2.38. The van der Waals surface area contributed by atoms with Crippen LogP contribution >= 0.6 is 27.5 Å². The third-order valence-electron chi connectivity index (χ3n) is 3.23. The molecule has 0 aliphatic rings. The molecule has 0 amide bonds. The monoisotopic (exact) mass is 351 g/mol. The van der Waals surface area contributed by atoms with Crippen molar-refractivity contribution in [2.45, 2.75) is 26.3 Å². The van der Waals surface area contributed by atoms with Crippen molar-refractivity contribution in [1.29, 1.82) is 0 Å². The number of halogens is 2. The zero-order valence-corrected chi connectivity index (χ0v) is 14.1. The second-order valence-corrected chi connectivity index (χ2v) is 6.35. The lowest BCUT2D eigenvalue weighted by atomic mass is 9.97. The maximum atomic E-state index is 6.18. The maximum absolute atomic E-state index is 6.18. The molecule has 2 aromatic rings. The second kappa shape index (κ2) is 7.26. The summed E-state index contributed by atoms with van der Waals surface area (Å²) in [6.07, 6.45) is 1.10. The fourth-order valence-electron chi connectivity index (χ4n) is 2.22. The number of nitrogens with one attached hydrogen (secondary N) is 1. The van der Waals surface area contributed by atoms with Crippen molar-refractivity contribution in [2.24, 2.45) is 0 Å². The van der Waals surface area contributed by atoms with Gasteiger partial charge in [0.15, 0.2) is 0 Å². The molecule has 106 valence electrons. The predicted molar refractivity (Wildman–Crippen MR) is 90.5 cm³/mol. The van der Waals surface area contributed by atoms with Gasteiger partial charge in [0.1, 0.15) is 0 Å². The minimum absolute atomic E-state index is 0.172. The number of rotatable bonds is 5. The van der Waals surface area contributed by atoms with Crippen molar-refractivity contribution in [3.8, 4) is 0 Å². The van der Waals surface area contributed by atoms with Gasteiger partial charge in [-0.05, 0) is 49.2 Å². The number of benzene rings is 2. The fraction of sp³-hybridized carbons (Fsp3) is 0.294. The van der Waals surface area contributed by atoms with Gasteiger partial charge in [-0.3, -0.25) is 0 Å². The van der Waals surface area contributed by atoms with Crippen LogP contribution in [0.3, 0.4) is 0 Å². The Bertz CT molecular complexity index is 545. The highest BCUT2D eigenvalue weighted by Gasteiger charge is 2.14. The van der Waals surface area contributed by atoms with Crippen LogP contribution in [0.2, 0.25) is 5.02 Å². The van der Waals surface area contributed by atoms with E-state index in [0.717, 1.165) is 22.5 Å². The normalized spacial score (nSPS) is 12.4. The van der Waals surface area contributed by atoms with Crippen molar-refractivity contribution >= 4 is 27.5 Å². The molecule has 0 fully saturated rings. The van der Waals surface area contributed by atoms with Crippen molar-refractivity contribution in [2.75, 3.05) is 6.54 Å². The Kier molecular flexibility index (Phi) is 5.64.